The molecule has 2 aromatic carbocycles. The number of halogens is 1. The fourth-order valence-corrected chi connectivity index (χ4v) is 3.32. The summed E-state index contributed by atoms with van der Waals surface area (Å²) in [5, 5.41) is 3.54. The van der Waals surface area contributed by atoms with Gasteiger partial charge in [0.15, 0.2) is 6.61 Å². The van der Waals surface area contributed by atoms with Crippen LogP contribution in [0.25, 0.3) is 0 Å². The number of nitrogens with zero attached hydrogens (tertiary/aromatic N) is 1. The third kappa shape index (κ3) is 6.77. The van der Waals surface area contributed by atoms with Crippen LogP contribution in [0.3, 0.4) is 0 Å². The van der Waals surface area contributed by atoms with Gasteiger partial charge in [-0.15, -0.1) is 0 Å². The van der Waals surface area contributed by atoms with Gasteiger partial charge in [-0.3, -0.25) is 9.59 Å². The molecule has 0 fully saturated rings. The second kappa shape index (κ2) is 10.5. The van der Waals surface area contributed by atoms with E-state index < -0.39 is 11.6 Å². The van der Waals surface area contributed by atoms with Gasteiger partial charge in [-0.2, -0.15) is 0 Å². The average Bonchev–Trinajstić information content (AvgIpc) is 2.67. The molecule has 2 amide bonds. The van der Waals surface area contributed by atoms with Gasteiger partial charge in [0, 0.05) is 17.1 Å². The molecule has 0 aliphatic rings. The molecule has 0 heterocycles. The second-order valence-corrected chi connectivity index (χ2v) is 8.74. The molecule has 0 aliphatic heterocycles. The van der Waals surface area contributed by atoms with Gasteiger partial charge < -0.3 is 15.0 Å². The van der Waals surface area contributed by atoms with Crippen LogP contribution in [-0.2, 0) is 16.1 Å². The van der Waals surface area contributed by atoms with Gasteiger partial charge in [0.25, 0.3) is 5.91 Å². The standard InChI is InChI=1S/C24H31ClN2O3/c1-6-20(23(29)26-24(3,4)5)27(15-18-12-8-9-13-19(18)25)22(28)16-30-21-14-10-7-11-17(21)2/h7-14,20H,6,15-16H2,1-5H3,(H,26,29). The summed E-state index contributed by atoms with van der Waals surface area (Å²) in [5.41, 5.74) is 1.33. The van der Waals surface area contributed by atoms with Gasteiger partial charge in [-0.1, -0.05) is 54.9 Å². The summed E-state index contributed by atoms with van der Waals surface area (Å²) >= 11 is 6.33. The van der Waals surface area contributed by atoms with Gasteiger partial charge in [-0.05, 0) is 57.4 Å². The molecule has 5 nitrogen and oxygen atoms in total. The average molecular weight is 431 g/mol. The first-order chi connectivity index (χ1) is 14.1. The number of ether oxygens (including phenoxy) is 1. The number of nitrogens with one attached hydrogen (secondary N) is 1. The van der Waals surface area contributed by atoms with Crippen molar-refractivity contribution in [2.45, 2.75) is 59.2 Å². The Kier molecular flexibility index (Phi) is 8.30. The molecule has 0 aliphatic carbocycles. The number of amides is 2. The minimum Gasteiger partial charge on any atom is -0.484 e. The monoisotopic (exact) mass is 430 g/mol. The third-order valence-corrected chi connectivity index (χ3v) is 5.00. The molecule has 6 heteroatoms. The molecule has 0 saturated heterocycles. The Morgan fingerprint density at radius 3 is 2.33 bits per heavy atom. The van der Waals surface area contributed by atoms with E-state index in [1.807, 2.05) is 77.1 Å². The lowest BCUT2D eigenvalue weighted by Gasteiger charge is -2.33. The van der Waals surface area contributed by atoms with Crippen molar-refractivity contribution in [3.63, 3.8) is 0 Å². The molecule has 2 aromatic rings. The Hall–Kier alpha value is -2.53. The minimum atomic E-state index is -0.631. The fraction of sp³-hybridized carbons (Fsp3) is 0.417. The molecule has 30 heavy (non-hydrogen) atoms. The third-order valence-electron chi connectivity index (χ3n) is 4.63. The van der Waals surface area contributed by atoms with E-state index in [4.69, 9.17) is 16.3 Å². The number of para-hydroxylation sites is 1. The number of benzene rings is 2. The quantitative estimate of drug-likeness (QED) is 0.657. The van der Waals surface area contributed by atoms with Crippen molar-refractivity contribution in [2.24, 2.45) is 0 Å². The molecule has 0 saturated carbocycles. The lowest BCUT2D eigenvalue weighted by Crippen LogP contribution is -2.54. The highest BCUT2D eigenvalue weighted by atomic mass is 35.5. The first-order valence-corrected chi connectivity index (χ1v) is 10.5. The molecule has 0 spiro atoms. The van der Waals surface area contributed by atoms with Crippen molar-refractivity contribution in [3.8, 4) is 5.75 Å². The van der Waals surface area contributed by atoms with Crippen molar-refractivity contribution in [1.29, 1.82) is 0 Å². The van der Waals surface area contributed by atoms with E-state index in [9.17, 15) is 9.59 Å². The van der Waals surface area contributed by atoms with Crippen molar-refractivity contribution in [2.75, 3.05) is 6.61 Å². The molecule has 0 aromatic heterocycles. The van der Waals surface area contributed by atoms with E-state index in [0.29, 0.717) is 17.2 Å². The number of hydrogen-bond donors (Lipinski definition) is 1. The summed E-state index contributed by atoms with van der Waals surface area (Å²) in [7, 11) is 0. The van der Waals surface area contributed by atoms with E-state index in [0.717, 1.165) is 11.1 Å². The van der Waals surface area contributed by atoms with E-state index >= 15 is 0 Å². The highest BCUT2D eigenvalue weighted by molar-refractivity contribution is 6.31. The maximum Gasteiger partial charge on any atom is 0.261 e. The Labute approximate surface area is 184 Å². The molecule has 0 bridgehead atoms. The molecule has 2 rings (SSSR count). The van der Waals surface area contributed by atoms with Crippen LogP contribution in [-0.4, -0.2) is 34.9 Å². The molecule has 162 valence electrons. The van der Waals surface area contributed by atoms with Gasteiger partial charge in [0.2, 0.25) is 5.91 Å². The first-order valence-electron chi connectivity index (χ1n) is 10.2. The van der Waals surface area contributed by atoms with E-state index in [-0.39, 0.29) is 25.0 Å². The number of hydrogen-bond acceptors (Lipinski definition) is 3. The largest absolute Gasteiger partial charge is 0.484 e. The Morgan fingerprint density at radius 2 is 1.73 bits per heavy atom. The summed E-state index contributed by atoms with van der Waals surface area (Å²) in [6, 6.07) is 14.2. The number of rotatable bonds is 8. The SMILES string of the molecule is CCC(C(=O)NC(C)(C)C)N(Cc1ccccc1Cl)C(=O)COc1ccccc1C. The zero-order valence-corrected chi connectivity index (χ0v) is 19.1. The number of aryl methyl sites for hydroxylation is 1. The Bertz CT molecular complexity index is 877. The molecule has 0 radical (unpaired) electrons. The predicted molar refractivity (Wildman–Crippen MR) is 121 cm³/mol. The highest BCUT2D eigenvalue weighted by Crippen LogP contribution is 2.21. The Balaban J connectivity index is 2.27. The summed E-state index contributed by atoms with van der Waals surface area (Å²) < 4.78 is 5.77. The van der Waals surface area contributed by atoms with Gasteiger partial charge >= 0.3 is 0 Å². The summed E-state index contributed by atoms with van der Waals surface area (Å²) in [4.78, 5) is 27.7. The van der Waals surface area contributed by atoms with Crippen LogP contribution in [0.1, 0.15) is 45.2 Å². The van der Waals surface area contributed by atoms with E-state index in [1.165, 1.54) is 0 Å². The molecular formula is C24H31ClN2O3. The zero-order valence-electron chi connectivity index (χ0n) is 18.4. The molecule has 1 N–H and O–H groups in total. The normalized spacial score (nSPS) is 12.2. The van der Waals surface area contributed by atoms with Crippen molar-refractivity contribution in [1.82, 2.24) is 10.2 Å². The summed E-state index contributed by atoms with van der Waals surface area (Å²) in [6.07, 6.45) is 0.475. The maximum absolute atomic E-state index is 13.2. The van der Waals surface area contributed by atoms with Crippen molar-refractivity contribution < 1.29 is 14.3 Å². The van der Waals surface area contributed by atoms with Gasteiger partial charge in [0.05, 0.1) is 0 Å². The summed E-state index contributed by atoms with van der Waals surface area (Å²) in [5.74, 6) is 0.186. The molecular weight excluding hydrogens is 400 g/mol. The van der Waals surface area contributed by atoms with Crippen LogP contribution in [0.5, 0.6) is 5.75 Å². The maximum atomic E-state index is 13.2. The number of carbonyl (C=O) groups excluding carboxylic acids is 2. The topological polar surface area (TPSA) is 58.6 Å². The van der Waals surface area contributed by atoms with Gasteiger partial charge in [-0.25, -0.2) is 0 Å². The summed E-state index contributed by atoms with van der Waals surface area (Å²) in [6.45, 7) is 9.63. The van der Waals surface area contributed by atoms with Crippen LogP contribution >= 0.6 is 11.6 Å². The predicted octanol–water partition coefficient (Wildman–Crippen LogP) is 4.75. The first kappa shape index (κ1) is 23.7. The smallest absolute Gasteiger partial charge is 0.261 e. The van der Waals surface area contributed by atoms with E-state index in [2.05, 4.69) is 5.32 Å². The van der Waals surface area contributed by atoms with Crippen molar-refractivity contribution in [3.05, 3.63) is 64.7 Å². The van der Waals surface area contributed by atoms with Crippen LogP contribution in [0.2, 0.25) is 5.02 Å². The van der Waals surface area contributed by atoms with Crippen LogP contribution < -0.4 is 10.1 Å². The lowest BCUT2D eigenvalue weighted by atomic mass is 10.1. The minimum absolute atomic E-state index is 0.158. The van der Waals surface area contributed by atoms with Crippen LogP contribution in [0, 0.1) is 6.92 Å². The lowest BCUT2D eigenvalue weighted by molar-refractivity contribution is -0.143. The highest BCUT2D eigenvalue weighted by Gasteiger charge is 2.31. The van der Waals surface area contributed by atoms with E-state index in [1.54, 1.807) is 11.0 Å². The Morgan fingerprint density at radius 1 is 1.10 bits per heavy atom. The van der Waals surface area contributed by atoms with Crippen molar-refractivity contribution >= 4 is 23.4 Å². The van der Waals surface area contributed by atoms with Crippen LogP contribution in [0.4, 0.5) is 0 Å². The second-order valence-electron chi connectivity index (χ2n) is 8.33. The zero-order chi connectivity index (χ0) is 22.3. The fourth-order valence-electron chi connectivity index (χ4n) is 3.12. The van der Waals surface area contributed by atoms with Gasteiger partial charge in [0.1, 0.15) is 11.8 Å². The molecule has 1 unspecified atom stereocenters. The number of carbonyl (C=O) groups is 2. The van der Waals surface area contributed by atoms with Crippen LogP contribution in [0.15, 0.2) is 48.5 Å². The molecule has 1 atom stereocenters.